The third-order valence-corrected chi connectivity index (χ3v) is 11.2. The van der Waals surface area contributed by atoms with E-state index < -0.39 is 11.4 Å². The van der Waals surface area contributed by atoms with Gasteiger partial charge < -0.3 is 29.3 Å². The van der Waals surface area contributed by atoms with Crippen molar-refractivity contribution in [2.45, 2.75) is 94.7 Å². The summed E-state index contributed by atoms with van der Waals surface area (Å²) in [7, 11) is 0. The zero-order chi connectivity index (χ0) is 35.6. The molecule has 272 valence electrons. The first kappa shape index (κ1) is 38.1. The predicted octanol–water partition coefficient (Wildman–Crippen LogP) is 8.05. The first-order valence-electron chi connectivity index (χ1n) is 18.3. The molecule has 1 aliphatic heterocycles. The van der Waals surface area contributed by atoms with Crippen molar-refractivity contribution in [3.63, 3.8) is 0 Å². The molecule has 0 saturated heterocycles. The van der Waals surface area contributed by atoms with Crippen molar-refractivity contribution in [2.75, 3.05) is 32.2 Å². The van der Waals surface area contributed by atoms with Crippen LogP contribution in [0.4, 0.5) is 0 Å². The van der Waals surface area contributed by atoms with E-state index in [1.54, 1.807) is 6.08 Å². The molecule has 0 spiro atoms. The Bertz CT molecular complexity index is 1470. The molecule has 0 bridgehead atoms. The van der Waals surface area contributed by atoms with Gasteiger partial charge in [-0.05, 0) is 112 Å². The van der Waals surface area contributed by atoms with Crippen LogP contribution >= 0.6 is 11.8 Å². The topological polar surface area (TPSA) is 103 Å². The fourth-order valence-electron chi connectivity index (χ4n) is 7.78. The van der Waals surface area contributed by atoms with Gasteiger partial charge >= 0.3 is 0 Å². The third kappa shape index (κ3) is 9.02. The van der Waals surface area contributed by atoms with Gasteiger partial charge in [-0.2, -0.15) is 11.8 Å². The van der Waals surface area contributed by atoms with E-state index in [1.807, 2.05) is 63.1 Å². The van der Waals surface area contributed by atoms with Crippen molar-refractivity contribution in [2.24, 2.45) is 22.9 Å². The molecular formula is C41H56N2O6S. The van der Waals surface area contributed by atoms with Crippen molar-refractivity contribution in [3.8, 4) is 11.5 Å². The summed E-state index contributed by atoms with van der Waals surface area (Å²) in [5.74, 6) is 1.79. The SMILES string of the molecule is C=CCOc1ccc2c(c1)[C@H]1[C@H](CCCCO)[C@@H](CCCCO)C=C3C(=NOC(C)(C)C)C[C@H](SCCc4ccncc4)[C@@](OCC=C)(O2)[C@H]31. The molecule has 0 radical (unpaired) electrons. The van der Waals surface area contributed by atoms with Gasteiger partial charge in [-0.3, -0.25) is 4.98 Å². The van der Waals surface area contributed by atoms with Gasteiger partial charge in [0.25, 0.3) is 0 Å². The van der Waals surface area contributed by atoms with Crippen molar-refractivity contribution in [1.82, 2.24) is 4.98 Å². The molecule has 2 aliphatic carbocycles. The average Bonchev–Trinajstić information content (AvgIpc) is 3.11. The van der Waals surface area contributed by atoms with E-state index in [1.165, 1.54) is 5.56 Å². The zero-order valence-corrected chi connectivity index (χ0v) is 30.9. The van der Waals surface area contributed by atoms with Gasteiger partial charge in [0.05, 0.1) is 23.5 Å². The van der Waals surface area contributed by atoms with Crippen LogP contribution in [0.15, 0.2) is 84.8 Å². The fraction of sp³-hybridized carbons (Fsp3) is 0.561. The highest BCUT2D eigenvalue weighted by Gasteiger charge is 2.64. The highest BCUT2D eigenvalue weighted by Crippen LogP contribution is 2.62. The molecule has 9 heteroatoms. The number of nitrogens with zero attached hydrogens (tertiary/aromatic N) is 2. The molecule has 3 aliphatic rings. The molecule has 6 atom stereocenters. The Morgan fingerprint density at radius 3 is 2.46 bits per heavy atom. The molecule has 0 unspecified atom stereocenters. The summed E-state index contributed by atoms with van der Waals surface area (Å²) in [5.41, 5.74) is 3.97. The Hall–Kier alpha value is -3.11. The number of hydrogen-bond acceptors (Lipinski definition) is 9. The van der Waals surface area contributed by atoms with E-state index in [9.17, 15) is 10.2 Å². The largest absolute Gasteiger partial charge is 0.490 e. The molecule has 1 aromatic heterocycles. The fourth-order valence-corrected chi connectivity index (χ4v) is 9.19. The first-order chi connectivity index (χ1) is 24.2. The molecular weight excluding hydrogens is 649 g/mol. The number of thioether (sulfide) groups is 1. The average molecular weight is 705 g/mol. The molecule has 2 heterocycles. The van der Waals surface area contributed by atoms with Gasteiger partial charge in [0.1, 0.15) is 23.7 Å². The molecule has 2 aromatic rings. The van der Waals surface area contributed by atoms with Gasteiger partial charge in [-0.1, -0.05) is 42.8 Å². The minimum atomic E-state index is -0.990. The number of aliphatic hydroxyl groups excluding tert-OH is 2. The van der Waals surface area contributed by atoms with Crippen LogP contribution in [0.3, 0.4) is 0 Å². The smallest absolute Gasteiger partial charge is 0.230 e. The summed E-state index contributed by atoms with van der Waals surface area (Å²) in [4.78, 5) is 10.4. The number of rotatable bonds is 19. The number of hydrogen-bond donors (Lipinski definition) is 2. The van der Waals surface area contributed by atoms with E-state index in [2.05, 4.69) is 42.4 Å². The minimum absolute atomic E-state index is 0.0251. The molecule has 2 N–H and O–H groups in total. The summed E-state index contributed by atoms with van der Waals surface area (Å²) < 4.78 is 20.3. The first-order valence-corrected chi connectivity index (χ1v) is 19.3. The highest BCUT2D eigenvalue weighted by atomic mass is 32.2. The van der Waals surface area contributed by atoms with Crippen molar-refractivity contribution < 1.29 is 29.3 Å². The van der Waals surface area contributed by atoms with E-state index in [0.29, 0.717) is 19.6 Å². The van der Waals surface area contributed by atoms with E-state index in [0.717, 1.165) is 79.0 Å². The van der Waals surface area contributed by atoms with Crippen LogP contribution in [0.1, 0.15) is 82.8 Å². The maximum Gasteiger partial charge on any atom is 0.230 e. The van der Waals surface area contributed by atoms with Crippen LogP contribution in [0.2, 0.25) is 0 Å². The number of ether oxygens (including phenoxy) is 3. The quantitative estimate of drug-likeness (QED) is 0.0861. The standard InChI is InChI=1S/C41H56N2O6S/c1-6-23-46-31-14-15-36-34(27-31)38-32(13-9-11-22-45)30(12-8-10-21-44)26-33-35(43-49-40(3,4)5)28-37(41(48-36,39(33)38)47-24-7-2)50-25-18-29-16-19-42-20-17-29/h6-7,14-17,19-20,26-27,30,32,37-39,44-45H,1-2,8-13,18,21-25,28H2,3-5H3/t30-,32+,37-,38+,39+,41+/m0/s1. The number of pyridine rings is 1. The Balaban J connectivity index is 1.69. The molecule has 1 fully saturated rings. The number of unbranched alkanes of at least 4 members (excludes halogenated alkanes) is 2. The van der Waals surface area contributed by atoms with Crippen molar-refractivity contribution in [3.05, 3.63) is 90.8 Å². The lowest BCUT2D eigenvalue weighted by atomic mass is 9.56. The second kappa shape index (κ2) is 17.9. The summed E-state index contributed by atoms with van der Waals surface area (Å²) in [5, 5.41) is 24.4. The van der Waals surface area contributed by atoms with Crippen LogP contribution in [-0.4, -0.2) is 69.7 Å². The lowest BCUT2D eigenvalue weighted by Gasteiger charge is -2.58. The summed E-state index contributed by atoms with van der Waals surface area (Å²) in [6.45, 7) is 15.0. The number of allylic oxidation sites excluding steroid dienone is 1. The van der Waals surface area contributed by atoms with E-state index in [4.69, 9.17) is 24.2 Å². The second-order valence-corrected chi connectivity index (χ2v) is 15.8. The molecule has 5 rings (SSSR count). The van der Waals surface area contributed by atoms with Crippen molar-refractivity contribution >= 4 is 17.5 Å². The van der Waals surface area contributed by atoms with Crippen LogP contribution in [0, 0.1) is 17.8 Å². The van der Waals surface area contributed by atoms with Crippen LogP contribution in [0.5, 0.6) is 11.5 Å². The monoisotopic (exact) mass is 704 g/mol. The maximum absolute atomic E-state index is 9.82. The van der Waals surface area contributed by atoms with Gasteiger partial charge in [-0.25, -0.2) is 0 Å². The van der Waals surface area contributed by atoms with Gasteiger partial charge in [0, 0.05) is 43.5 Å². The van der Waals surface area contributed by atoms with Crippen LogP contribution in [-0.2, 0) is 16.0 Å². The summed E-state index contributed by atoms with van der Waals surface area (Å²) >= 11 is 1.87. The number of fused-ring (bicyclic) bond motifs is 2. The Morgan fingerprint density at radius 2 is 1.76 bits per heavy atom. The molecule has 50 heavy (non-hydrogen) atoms. The minimum Gasteiger partial charge on any atom is -0.490 e. The Kier molecular flexibility index (Phi) is 13.6. The molecule has 8 nitrogen and oxygen atoms in total. The summed E-state index contributed by atoms with van der Waals surface area (Å²) in [6, 6.07) is 10.3. The van der Waals surface area contributed by atoms with Crippen LogP contribution in [0.25, 0.3) is 0 Å². The van der Waals surface area contributed by atoms with Gasteiger partial charge in [0.15, 0.2) is 0 Å². The number of aryl methyl sites for hydroxylation is 1. The lowest BCUT2D eigenvalue weighted by molar-refractivity contribution is -0.223. The number of aromatic nitrogens is 1. The Morgan fingerprint density at radius 1 is 1.02 bits per heavy atom. The lowest BCUT2D eigenvalue weighted by Crippen LogP contribution is -2.64. The highest BCUT2D eigenvalue weighted by molar-refractivity contribution is 8.00. The normalized spacial score (nSPS) is 26.3. The number of oxime groups is 1. The number of benzene rings is 1. The zero-order valence-electron chi connectivity index (χ0n) is 30.1. The molecule has 1 aromatic carbocycles. The Labute approximate surface area is 303 Å². The third-order valence-electron chi connectivity index (χ3n) is 9.88. The van der Waals surface area contributed by atoms with Crippen molar-refractivity contribution in [1.29, 1.82) is 0 Å². The summed E-state index contributed by atoms with van der Waals surface area (Å²) in [6.07, 6.45) is 16.4. The molecule has 0 amide bonds. The van der Waals surface area contributed by atoms with Gasteiger partial charge in [-0.15, -0.1) is 6.58 Å². The maximum atomic E-state index is 9.82. The molecule has 1 saturated carbocycles. The van der Waals surface area contributed by atoms with E-state index >= 15 is 0 Å². The predicted molar refractivity (Wildman–Crippen MR) is 202 cm³/mol. The van der Waals surface area contributed by atoms with E-state index in [-0.39, 0.29) is 42.1 Å². The number of aliphatic hydroxyl groups is 2. The van der Waals surface area contributed by atoms with Crippen LogP contribution < -0.4 is 9.47 Å². The second-order valence-electron chi connectivity index (χ2n) is 14.5. The van der Waals surface area contributed by atoms with Gasteiger partial charge in [0.2, 0.25) is 5.79 Å².